The molecule has 3 heteroatoms. The summed E-state index contributed by atoms with van der Waals surface area (Å²) in [4.78, 5) is 4.79. The fourth-order valence-corrected chi connectivity index (χ4v) is 6.80. The Balaban J connectivity index is 1.27. The van der Waals surface area contributed by atoms with Crippen LogP contribution in [0.3, 0.4) is 0 Å². The summed E-state index contributed by atoms with van der Waals surface area (Å²) in [7, 11) is 0. The van der Waals surface area contributed by atoms with Crippen molar-refractivity contribution in [2.75, 3.05) is 5.32 Å². The molecule has 1 aliphatic carbocycles. The molecule has 1 fully saturated rings. The van der Waals surface area contributed by atoms with Crippen LogP contribution in [0.25, 0.3) is 55.4 Å². The normalized spacial score (nSPS) is 14.6. The molecule has 0 atom stereocenters. The summed E-state index contributed by atoms with van der Waals surface area (Å²) in [6.07, 6.45) is 8.63. The number of benzene rings is 4. The number of nitrogens with one attached hydrogen (secondary N) is 1. The van der Waals surface area contributed by atoms with E-state index in [4.69, 9.17) is 9.40 Å². The van der Waals surface area contributed by atoms with E-state index in [1.165, 1.54) is 53.5 Å². The first kappa shape index (κ1) is 22.6. The Hall–Kier alpha value is -4.37. The topological polar surface area (TPSA) is 38.1 Å². The number of hydrogen-bond donors (Lipinski definition) is 1. The van der Waals surface area contributed by atoms with Crippen LogP contribution in [0, 0.1) is 12.8 Å². The summed E-state index contributed by atoms with van der Waals surface area (Å²) in [5.41, 5.74) is 13.8. The van der Waals surface area contributed by atoms with E-state index in [2.05, 4.69) is 85.0 Å². The molecule has 0 radical (unpaired) electrons. The van der Waals surface area contributed by atoms with E-state index in [1.54, 1.807) is 0 Å². The van der Waals surface area contributed by atoms with Gasteiger partial charge in [0.05, 0.1) is 5.69 Å². The Labute approximate surface area is 228 Å². The Kier molecular flexibility index (Phi) is 5.12. The lowest BCUT2D eigenvalue weighted by Gasteiger charge is -2.23. The minimum Gasteiger partial charge on any atom is -0.456 e. The molecule has 6 aromatic rings. The van der Waals surface area contributed by atoms with Crippen molar-refractivity contribution in [2.24, 2.45) is 5.92 Å². The smallest absolute Gasteiger partial charge is 0.136 e. The number of para-hydroxylation sites is 1. The summed E-state index contributed by atoms with van der Waals surface area (Å²) in [6.45, 7) is 2.24. The maximum atomic E-state index is 6.25. The predicted molar refractivity (Wildman–Crippen MR) is 162 cm³/mol. The first-order valence-electron chi connectivity index (χ1n) is 14.1. The summed E-state index contributed by atoms with van der Waals surface area (Å²) < 4.78 is 6.25. The van der Waals surface area contributed by atoms with Crippen LogP contribution >= 0.6 is 0 Å². The molecule has 3 nitrogen and oxygen atoms in total. The van der Waals surface area contributed by atoms with Crippen LogP contribution in [0.5, 0.6) is 0 Å². The van der Waals surface area contributed by atoms with E-state index in [1.807, 2.05) is 18.3 Å². The van der Waals surface area contributed by atoms with Crippen molar-refractivity contribution in [3.63, 3.8) is 0 Å². The molecule has 1 saturated carbocycles. The highest BCUT2D eigenvalue weighted by Gasteiger charge is 2.21. The monoisotopic (exact) mass is 506 g/mol. The average Bonchev–Trinajstić information content (AvgIpc) is 3.61. The van der Waals surface area contributed by atoms with Crippen molar-refractivity contribution in [2.45, 2.75) is 39.0 Å². The fraction of sp³-hybridized carbons (Fsp3) is 0.194. The Bertz CT molecular complexity index is 1890. The van der Waals surface area contributed by atoms with Gasteiger partial charge >= 0.3 is 0 Å². The zero-order valence-electron chi connectivity index (χ0n) is 22.1. The van der Waals surface area contributed by atoms with Gasteiger partial charge in [-0.1, -0.05) is 68.1 Å². The maximum absolute atomic E-state index is 6.25. The van der Waals surface area contributed by atoms with E-state index in [9.17, 15) is 0 Å². The molecular weight excluding hydrogens is 476 g/mol. The third-order valence-corrected chi connectivity index (χ3v) is 8.84. The van der Waals surface area contributed by atoms with E-state index in [-0.39, 0.29) is 0 Å². The minimum atomic E-state index is 0.824. The van der Waals surface area contributed by atoms with Crippen LogP contribution in [0.4, 0.5) is 11.4 Å². The summed E-state index contributed by atoms with van der Waals surface area (Å²) in [5, 5.41) is 6.08. The van der Waals surface area contributed by atoms with Gasteiger partial charge in [-0.3, -0.25) is 4.98 Å². The predicted octanol–water partition coefficient (Wildman–Crippen LogP) is 10.1. The number of rotatable bonds is 3. The highest BCUT2D eigenvalue weighted by atomic mass is 16.3. The van der Waals surface area contributed by atoms with E-state index in [0.29, 0.717) is 0 Å². The molecular formula is C36H30N2O. The zero-order chi connectivity index (χ0) is 25.9. The van der Waals surface area contributed by atoms with Crippen LogP contribution in [-0.4, -0.2) is 4.98 Å². The molecule has 8 rings (SSSR count). The van der Waals surface area contributed by atoms with Crippen molar-refractivity contribution < 1.29 is 4.42 Å². The molecule has 1 N–H and O–H groups in total. The van der Waals surface area contributed by atoms with E-state index >= 15 is 0 Å². The largest absolute Gasteiger partial charge is 0.456 e. The number of nitrogens with zero attached hydrogens (tertiary/aromatic N) is 1. The zero-order valence-corrected chi connectivity index (χ0v) is 22.1. The third-order valence-electron chi connectivity index (χ3n) is 8.84. The van der Waals surface area contributed by atoms with E-state index < -0.39 is 0 Å². The Morgan fingerprint density at radius 2 is 1.56 bits per heavy atom. The standard InChI is InChI=1S/C36H30N2O/c1-22-26-10-6-11-27(22)30-21-36-31(28-9-4-5-12-35(28)39-36)20-34(30)38-32-14-13-25(19-29(26)32)33-18-24(15-16-37-33)17-23-7-2-3-8-23/h4-6,9-16,18-21,23,38H,2-3,7-8,17H2,1H3. The maximum Gasteiger partial charge on any atom is 0.136 e. The molecule has 2 bridgehead atoms. The van der Waals surface area contributed by atoms with Crippen molar-refractivity contribution in [3.05, 3.63) is 102 Å². The number of fused-ring (bicyclic) bond motifs is 9. The van der Waals surface area contributed by atoms with Gasteiger partial charge in [0, 0.05) is 45.0 Å². The van der Waals surface area contributed by atoms with Gasteiger partial charge in [-0.15, -0.1) is 0 Å². The molecule has 190 valence electrons. The number of pyridine rings is 1. The highest BCUT2D eigenvalue weighted by Crippen LogP contribution is 2.46. The van der Waals surface area contributed by atoms with Crippen LogP contribution < -0.4 is 5.32 Å². The van der Waals surface area contributed by atoms with E-state index in [0.717, 1.165) is 62.5 Å². The number of furan rings is 1. The van der Waals surface area contributed by atoms with Gasteiger partial charge in [0.2, 0.25) is 0 Å². The first-order valence-corrected chi connectivity index (χ1v) is 14.1. The van der Waals surface area contributed by atoms with Crippen molar-refractivity contribution in [1.82, 2.24) is 4.98 Å². The second-order valence-electron chi connectivity index (χ2n) is 11.3. The van der Waals surface area contributed by atoms with Crippen LogP contribution in [-0.2, 0) is 6.42 Å². The number of hydrogen-bond acceptors (Lipinski definition) is 3. The van der Waals surface area contributed by atoms with Crippen LogP contribution in [0.1, 0.15) is 36.8 Å². The molecule has 0 unspecified atom stereocenters. The van der Waals surface area contributed by atoms with Gasteiger partial charge in [0.1, 0.15) is 11.2 Å². The van der Waals surface area contributed by atoms with Crippen molar-refractivity contribution in [3.8, 4) is 33.5 Å². The van der Waals surface area contributed by atoms with Crippen LogP contribution in [0.15, 0.2) is 95.5 Å². The SMILES string of the molecule is Cc1c2cccc1-c1cc3oc4ccccc4c3cc1Nc1ccc(-c3cc(CC4CCCC4)ccn3)cc1-2. The summed E-state index contributed by atoms with van der Waals surface area (Å²) >= 11 is 0. The lowest BCUT2D eigenvalue weighted by atomic mass is 9.88. The van der Waals surface area contributed by atoms with Crippen molar-refractivity contribution >= 4 is 33.3 Å². The average molecular weight is 507 g/mol. The Morgan fingerprint density at radius 3 is 2.44 bits per heavy atom. The summed E-state index contributed by atoms with van der Waals surface area (Å²) in [5.74, 6) is 0.824. The highest BCUT2D eigenvalue weighted by molar-refractivity contribution is 6.09. The minimum absolute atomic E-state index is 0.824. The van der Waals surface area contributed by atoms with Gasteiger partial charge in [-0.2, -0.15) is 0 Å². The molecule has 0 amide bonds. The van der Waals surface area contributed by atoms with Crippen molar-refractivity contribution in [1.29, 1.82) is 0 Å². The lowest BCUT2D eigenvalue weighted by Crippen LogP contribution is -2.02. The number of anilines is 2. The van der Waals surface area contributed by atoms with Gasteiger partial charge in [0.25, 0.3) is 0 Å². The van der Waals surface area contributed by atoms with Gasteiger partial charge < -0.3 is 9.73 Å². The molecule has 0 spiro atoms. The third kappa shape index (κ3) is 3.76. The molecule has 39 heavy (non-hydrogen) atoms. The van der Waals surface area contributed by atoms with Gasteiger partial charge in [-0.05, 0) is 84.0 Å². The van der Waals surface area contributed by atoms with Gasteiger partial charge in [0.15, 0.2) is 0 Å². The number of aromatic nitrogens is 1. The Morgan fingerprint density at radius 1 is 0.744 bits per heavy atom. The second-order valence-corrected chi connectivity index (χ2v) is 11.3. The molecule has 4 aromatic carbocycles. The van der Waals surface area contributed by atoms with Gasteiger partial charge in [-0.25, -0.2) is 0 Å². The van der Waals surface area contributed by atoms with Crippen LogP contribution in [0.2, 0.25) is 0 Å². The lowest BCUT2D eigenvalue weighted by molar-refractivity contribution is 0.546. The first-order chi connectivity index (χ1) is 19.2. The molecule has 2 aromatic heterocycles. The molecule has 3 heterocycles. The molecule has 0 saturated heterocycles. The molecule has 2 aliphatic rings. The second kappa shape index (κ2) is 8.84. The summed E-state index contributed by atoms with van der Waals surface area (Å²) in [6, 6.07) is 30.6. The molecule has 1 aliphatic heterocycles. The fourth-order valence-electron chi connectivity index (χ4n) is 6.80. The quantitative estimate of drug-likeness (QED) is 0.259.